The van der Waals surface area contributed by atoms with Crippen LogP contribution in [0.5, 0.6) is 5.75 Å². The van der Waals surface area contributed by atoms with Gasteiger partial charge in [0.15, 0.2) is 5.13 Å². The monoisotopic (exact) mass is 430 g/mol. The smallest absolute Gasteiger partial charge is 0.303 e. The zero-order valence-electron chi connectivity index (χ0n) is 16.8. The summed E-state index contributed by atoms with van der Waals surface area (Å²) < 4.78 is 5.84. The number of ether oxygens (including phenoxy) is 1. The third-order valence-electron chi connectivity index (χ3n) is 4.74. The summed E-state index contributed by atoms with van der Waals surface area (Å²) in [5, 5.41) is 14.9. The third kappa shape index (κ3) is 5.93. The van der Waals surface area contributed by atoms with Crippen LogP contribution in [0, 0.1) is 0 Å². The Labute approximate surface area is 185 Å². The number of nitrogens with one attached hydrogen (secondary N) is 1. The van der Waals surface area contributed by atoms with Gasteiger partial charge in [0.05, 0.1) is 5.69 Å². The molecular weight excluding hydrogens is 408 g/mol. The van der Waals surface area contributed by atoms with Crippen molar-refractivity contribution < 1.29 is 14.6 Å². The van der Waals surface area contributed by atoms with E-state index in [9.17, 15) is 4.79 Å². The number of carbonyl (C=O) groups is 1. The number of nitrogens with zero attached hydrogens (tertiary/aromatic N) is 1. The van der Waals surface area contributed by atoms with Crippen molar-refractivity contribution >= 4 is 28.1 Å². The SMILES string of the molecule is O=C(O)CCc1ccc(Nc2nc(-c3ccc(OCc4ccccc4)cc3)cs2)cc1. The molecule has 0 fully saturated rings. The number of rotatable bonds is 9. The molecular formula is C25H22N2O3S. The van der Waals surface area contributed by atoms with Gasteiger partial charge in [-0.3, -0.25) is 4.79 Å². The number of carboxylic acid groups (broad SMARTS) is 1. The van der Waals surface area contributed by atoms with Crippen molar-refractivity contribution in [2.45, 2.75) is 19.4 Å². The Morgan fingerprint density at radius 1 is 0.935 bits per heavy atom. The number of aliphatic carboxylic acids is 1. The predicted octanol–water partition coefficient (Wildman–Crippen LogP) is 6.15. The minimum atomic E-state index is -0.784. The fourth-order valence-corrected chi connectivity index (χ4v) is 3.80. The van der Waals surface area contributed by atoms with E-state index in [0.717, 1.165) is 39.0 Å². The first-order valence-corrected chi connectivity index (χ1v) is 10.8. The van der Waals surface area contributed by atoms with Crippen molar-refractivity contribution in [3.8, 4) is 17.0 Å². The molecule has 0 radical (unpaired) electrons. The highest BCUT2D eigenvalue weighted by Gasteiger charge is 2.06. The van der Waals surface area contributed by atoms with Gasteiger partial charge < -0.3 is 15.2 Å². The second-order valence-electron chi connectivity index (χ2n) is 7.05. The van der Waals surface area contributed by atoms with Crippen LogP contribution < -0.4 is 10.1 Å². The molecule has 0 aliphatic heterocycles. The lowest BCUT2D eigenvalue weighted by Gasteiger charge is -2.07. The minimum Gasteiger partial charge on any atom is -0.489 e. The topological polar surface area (TPSA) is 71.5 Å². The summed E-state index contributed by atoms with van der Waals surface area (Å²) in [4.78, 5) is 15.4. The van der Waals surface area contributed by atoms with Crippen LogP contribution >= 0.6 is 11.3 Å². The number of benzene rings is 3. The van der Waals surface area contributed by atoms with Crippen molar-refractivity contribution in [1.29, 1.82) is 0 Å². The molecule has 0 amide bonds. The maximum Gasteiger partial charge on any atom is 0.303 e. The molecule has 0 spiro atoms. The van der Waals surface area contributed by atoms with Crippen LogP contribution in [0.1, 0.15) is 17.5 Å². The molecule has 0 unspecified atom stereocenters. The highest BCUT2D eigenvalue weighted by atomic mass is 32.1. The summed E-state index contributed by atoms with van der Waals surface area (Å²) in [5.74, 6) is 0.0393. The first-order valence-electron chi connectivity index (χ1n) is 9.96. The number of hydrogen-bond acceptors (Lipinski definition) is 5. The molecule has 3 aromatic carbocycles. The first kappa shape index (κ1) is 20.6. The van der Waals surface area contributed by atoms with Gasteiger partial charge in [-0.15, -0.1) is 11.3 Å². The molecule has 4 rings (SSSR count). The number of aryl methyl sites for hydroxylation is 1. The van der Waals surface area contributed by atoms with Crippen LogP contribution in [0.25, 0.3) is 11.3 Å². The Balaban J connectivity index is 1.34. The Bertz CT molecular complexity index is 1120. The van der Waals surface area contributed by atoms with E-state index in [4.69, 9.17) is 9.84 Å². The number of anilines is 2. The summed E-state index contributed by atoms with van der Waals surface area (Å²) in [5.41, 5.74) is 4.99. The van der Waals surface area contributed by atoms with Crippen LogP contribution in [0.2, 0.25) is 0 Å². The summed E-state index contributed by atoms with van der Waals surface area (Å²) in [6.45, 7) is 0.542. The molecule has 6 heteroatoms. The molecule has 4 aromatic rings. The molecule has 1 aromatic heterocycles. The average molecular weight is 431 g/mol. The molecule has 0 atom stereocenters. The highest BCUT2D eigenvalue weighted by Crippen LogP contribution is 2.28. The molecule has 0 aliphatic rings. The van der Waals surface area contributed by atoms with Crippen molar-refractivity contribution in [3.63, 3.8) is 0 Å². The summed E-state index contributed by atoms with van der Waals surface area (Å²) in [7, 11) is 0. The van der Waals surface area contributed by atoms with Gasteiger partial charge in [0.2, 0.25) is 0 Å². The van der Waals surface area contributed by atoms with Crippen LogP contribution in [0.3, 0.4) is 0 Å². The Hall–Kier alpha value is -3.64. The number of carboxylic acids is 1. The number of hydrogen-bond donors (Lipinski definition) is 2. The number of thiazole rings is 1. The molecule has 1 heterocycles. The van der Waals surface area contributed by atoms with E-state index in [1.54, 1.807) is 0 Å². The maximum atomic E-state index is 10.7. The van der Waals surface area contributed by atoms with Crippen LogP contribution in [-0.4, -0.2) is 16.1 Å². The van der Waals surface area contributed by atoms with Gasteiger partial charge >= 0.3 is 5.97 Å². The lowest BCUT2D eigenvalue weighted by atomic mass is 10.1. The summed E-state index contributed by atoms with van der Waals surface area (Å²) in [6.07, 6.45) is 0.667. The third-order valence-corrected chi connectivity index (χ3v) is 5.49. The molecule has 31 heavy (non-hydrogen) atoms. The van der Waals surface area contributed by atoms with Crippen LogP contribution in [0.4, 0.5) is 10.8 Å². The maximum absolute atomic E-state index is 10.7. The van der Waals surface area contributed by atoms with E-state index in [-0.39, 0.29) is 6.42 Å². The largest absolute Gasteiger partial charge is 0.489 e. The Morgan fingerprint density at radius 3 is 2.39 bits per heavy atom. The van der Waals surface area contributed by atoms with Crippen molar-refractivity contribution in [3.05, 3.63) is 95.4 Å². The lowest BCUT2D eigenvalue weighted by molar-refractivity contribution is -0.136. The molecule has 5 nitrogen and oxygen atoms in total. The predicted molar refractivity (Wildman–Crippen MR) is 124 cm³/mol. The fourth-order valence-electron chi connectivity index (χ4n) is 3.06. The standard InChI is InChI=1S/C25H22N2O3S/c28-24(29)15-8-18-6-11-21(12-7-18)26-25-27-23(17-31-25)20-9-13-22(14-10-20)30-16-19-4-2-1-3-5-19/h1-7,9-14,17H,8,15-16H2,(H,26,27)(H,28,29). The summed E-state index contributed by atoms with van der Waals surface area (Å²) in [6, 6.07) is 25.8. The molecule has 0 aliphatic carbocycles. The second kappa shape index (κ2) is 9.91. The van der Waals surface area contributed by atoms with Gasteiger partial charge in [-0.1, -0.05) is 42.5 Å². The van der Waals surface area contributed by atoms with Crippen LogP contribution in [-0.2, 0) is 17.8 Å². The van der Waals surface area contributed by atoms with E-state index in [2.05, 4.69) is 10.3 Å². The van der Waals surface area contributed by atoms with E-state index >= 15 is 0 Å². The Kier molecular flexibility index (Phi) is 6.59. The zero-order chi connectivity index (χ0) is 21.5. The quantitative estimate of drug-likeness (QED) is 0.333. The van der Waals surface area contributed by atoms with Gasteiger partial charge in [-0.25, -0.2) is 4.98 Å². The van der Waals surface area contributed by atoms with Gasteiger partial charge in [-0.05, 0) is 53.9 Å². The average Bonchev–Trinajstić information content (AvgIpc) is 3.27. The van der Waals surface area contributed by atoms with E-state index in [0.29, 0.717) is 13.0 Å². The number of aromatic nitrogens is 1. The Morgan fingerprint density at radius 2 is 1.68 bits per heavy atom. The minimum absolute atomic E-state index is 0.138. The van der Waals surface area contributed by atoms with Gasteiger partial charge in [0.25, 0.3) is 0 Å². The molecule has 2 N–H and O–H groups in total. The second-order valence-corrected chi connectivity index (χ2v) is 7.91. The lowest BCUT2D eigenvalue weighted by Crippen LogP contribution is -1.97. The molecule has 0 saturated carbocycles. The van der Waals surface area contributed by atoms with Gasteiger partial charge in [0.1, 0.15) is 12.4 Å². The zero-order valence-corrected chi connectivity index (χ0v) is 17.6. The van der Waals surface area contributed by atoms with E-state index in [1.807, 2.05) is 84.2 Å². The van der Waals surface area contributed by atoms with E-state index in [1.165, 1.54) is 11.3 Å². The van der Waals surface area contributed by atoms with Crippen molar-refractivity contribution in [2.75, 3.05) is 5.32 Å². The molecule has 0 bridgehead atoms. The van der Waals surface area contributed by atoms with Crippen LogP contribution in [0.15, 0.2) is 84.2 Å². The molecule has 0 saturated heterocycles. The van der Waals surface area contributed by atoms with Gasteiger partial charge in [-0.2, -0.15) is 0 Å². The summed E-state index contributed by atoms with van der Waals surface area (Å²) >= 11 is 1.54. The van der Waals surface area contributed by atoms with E-state index < -0.39 is 5.97 Å². The molecule has 156 valence electrons. The van der Waals surface area contributed by atoms with Crippen molar-refractivity contribution in [1.82, 2.24) is 4.98 Å². The highest BCUT2D eigenvalue weighted by molar-refractivity contribution is 7.14. The van der Waals surface area contributed by atoms with Gasteiger partial charge in [0, 0.05) is 23.1 Å². The van der Waals surface area contributed by atoms with Crippen molar-refractivity contribution in [2.24, 2.45) is 0 Å². The fraction of sp³-hybridized carbons (Fsp3) is 0.120. The first-order chi connectivity index (χ1) is 15.2. The normalized spacial score (nSPS) is 10.6.